The van der Waals surface area contributed by atoms with Crippen molar-refractivity contribution in [3.8, 4) is 0 Å². The SMILES string of the molecule is Cc1cccc(CN2C(=O)/C(=C\c3ccc(C(=O)NC(C)c4ccccc4)cc3)Sc3ccccc32)c1. The molecular weight excluding hydrogens is 476 g/mol. The number of aryl methyl sites for hydroxylation is 1. The van der Waals surface area contributed by atoms with E-state index in [1.165, 1.54) is 17.3 Å². The summed E-state index contributed by atoms with van der Waals surface area (Å²) in [7, 11) is 0. The average molecular weight is 505 g/mol. The second kappa shape index (κ2) is 10.9. The topological polar surface area (TPSA) is 49.4 Å². The quantitative estimate of drug-likeness (QED) is 0.283. The third-order valence-electron chi connectivity index (χ3n) is 6.37. The molecule has 0 bridgehead atoms. The molecule has 0 radical (unpaired) electrons. The lowest BCUT2D eigenvalue weighted by Gasteiger charge is -2.30. The number of hydrogen-bond donors (Lipinski definition) is 1. The van der Waals surface area contributed by atoms with Crippen LogP contribution >= 0.6 is 11.8 Å². The van der Waals surface area contributed by atoms with Crippen LogP contribution < -0.4 is 10.2 Å². The lowest BCUT2D eigenvalue weighted by Crippen LogP contribution is -2.33. The zero-order valence-corrected chi connectivity index (χ0v) is 21.7. The Morgan fingerprint density at radius 2 is 1.65 bits per heavy atom. The van der Waals surface area contributed by atoms with Gasteiger partial charge in [-0.2, -0.15) is 0 Å². The van der Waals surface area contributed by atoms with Crippen LogP contribution in [0, 0.1) is 6.92 Å². The minimum absolute atomic E-state index is 0.0243. The maximum Gasteiger partial charge on any atom is 0.265 e. The number of fused-ring (bicyclic) bond motifs is 1. The van der Waals surface area contributed by atoms with Crippen molar-refractivity contribution in [3.63, 3.8) is 0 Å². The van der Waals surface area contributed by atoms with Gasteiger partial charge in [0.15, 0.2) is 0 Å². The van der Waals surface area contributed by atoms with Crippen LogP contribution in [0.15, 0.2) is 113 Å². The highest BCUT2D eigenvalue weighted by Gasteiger charge is 2.29. The summed E-state index contributed by atoms with van der Waals surface area (Å²) in [4.78, 5) is 29.9. The van der Waals surface area contributed by atoms with E-state index in [9.17, 15) is 9.59 Å². The van der Waals surface area contributed by atoms with Gasteiger partial charge in [-0.3, -0.25) is 9.59 Å². The summed E-state index contributed by atoms with van der Waals surface area (Å²) in [6.07, 6.45) is 1.90. The summed E-state index contributed by atoms with van der Waals surface area (Å²) in [6, 6.07) is 33.4. The molecule has 1 aliphatic rings. The summed E-state index contributed by atoms with van der Waals surface area (Å²) in [5.41, 5.74) is 5.70. The molecule has 1 unspecified atom stereocenters. The van der Waals surface area contributed by atoms with Crippen LogP contribution in [-0.4, -0.2) is 11.8 Å². The number of amides is 2. The number of anilines is 1. The first-order chi connectivity index (χ1) is 18.0. The fraction of sp³-hybridized carbons (Fsp3) is 0.125. The molecule has 4 aromatic rings. The highest BCUT2D eigenvalue weighted by molar-refractivity contribution is 8.04. The molecule has 0 aromatic heterocycles. The summed E-state index contributed by atoms with van der Waals surface area (Å²) in [5.74, 6) is -0.152. The van der Waals surface area contributed by atoms with E-state index in [1.54, 1.807) is 12.1 Å². The number of carbonyl (C=O) groups excluding carboxylic acids is 2. The Balaban J connectivity index is 1.35. The molecule has 37 heavy (non-hydrogen) atoms. The zero-order chi connectivity index (χ0) is 25.8. The molecule has 5 heteroatoms. The first-order valence-electron chi connectivity index (χ1n) is 12.3. The van der Waals surface area contributed by atoms with Crippen molar-refractivity contribution >= 4 is 35.3 Å². The summed E-state index contributed by atoms with van der Waals surface area (Å²) in [6.45, 7) is 4.54. The van der Waals surface area contributed by atoms with Gasteiger partial charge in [0.1, 0.15) is 0 Å². The van der Waals surface area contributed by atoms with Crippen molar-refractivity contribution in [2.75, 3.05) is 4.90 Å². The first kappa shape index (κ1) is 24.6. The van der Waals surface area contributed by atoms with Crippen molar-refractivity contribution in [1.82, 2.24) is 5.32 Å². The number of thioether (sulfide) groups is 1. The number of benzene rings is 4. The van der Waals surface area contributed by atoms with Crippen molar-refractivity contribution in [1.29, 1.82) is 0 Å². The lowest BCUT2D eigenvalue weighted by molar-refractivity contribution is -0.114. The number of para-hydroxylation sites is 1. The fourth-order valence-corrected chi connectivity index (χ4v) is 5.46. The molecular formula is C32H28N2O2S. The third kappa shape index (κ3) is 5.68. The van der Waals surface area contributed by atoms with Crippen molar-refractivity contribution < 1.29 is 9.59 Å². The fourth-order valence-electron chi connectivity index (χ4n) is 4.40. The maximum absolute atomic E-state index is 13.6. The Hall–Kier alpha value is -4.09. The van der Waals surface area contributed by atoms with Crippen LogP contribution in [0.4, 0.5) is 5.69 Å². The number of nitrogens with zero attached hydrogens (tertiary/aromatic N) is 1. The molecule has 0 spiro atoms. The maximum atomic E-state index is 13.6. The van der Waals surface area contributed by atoms with Gasteiger partial charge in [-0.1, -0.05) is 96.2 Å². The van der Waals surface area contributed by atoms with Crippen LogP contribution in [-0.2, 0) is 11.3 Å². The minimum Gasteiger partial charge on any atom is -0.346 e. The van der Waals surface area contributed by atoms with E-state index >= 15 is 0 Å². The van der Waals surface area contributed by atoms with E-state index in [1.807, 2.05) is 90.7 Å². The van der Waals surface area contributed by atoms with Gasteiger partial charge in [-0.05, 0) is 60.9 Å². The standard InChI is InChI=1S/C32H28N2O2S/c1-22-9-8-10-25(19-22)21-34-28-13-6-7-14-29(28)37-30(32(34)36)20-24-15-17-27(18-16-24)31(35)33-23(2)26-11-4-3-5-12-26/h3-20,23H,21H2,1-2H3,(H,33,35)/b30-20+. The minimum atomic E-state index is -0.128. The van der Waals surface area contributed by atoms with E-state index in [4.69, 9.17) is 0 Å². The first-order valence-corrected chi connectivity index (χ1v) is 13.1. The van der Waals surface area contributed by atoms with Gasteiger partial charge in [0.2, 0.25) is 0 Å². The number of hydrogen-bond acceptors (Lipinski definition) is 3. The van der Waals surface area contributed by atoms with E-state index in [-0.39, 0.29) is 17.9 Å². The molecule has 0 saturated heterocycles. The smallest absolute Gasteiger partial charge is 0.265 e. The Morgan fingerprint density at radius 3 is 2.41 bits per heavy atom. The molecule has 4 aromatic carbocycles. The Kier molecular flexibility index (Phi) is 7.24. The molecule has 0 aliphatic carbocycles. The van der Waals surface area contributed by atoms with E-state index in [2.05, 4.69) is 30.4 Å². The normalized spacial score (nSPS) is 14.8. The summed E-state index contributed by atoms with van der Waals surface area (Å²) < 4.78 is 0. The van der Waals surface area contributed by atoms with Gasteiger partial charge in [0.05, 0.1) is 23.2 Å². The number of rotatable bonds is 6. The second-order valence-corrected chi connectivity index (χ2v) is 10.3. The molecule has 0 saturated carbocycles. The van der Waals surface area contributed by atoms with Crippen molar-refractivity contribution in [3.05, 3.63) is 136 Å². The van der Waals surface area contributed by atoms with Crippen LogP contribution in [0.2, 0.25) is 0 Å². The van der Waals surface area contributed by atoms with E-state index < -0.39 is 0 Å². The molecule has 0 fully saturated rings. The lowest BCUT2D eigenvalue weighted by atomic mass is 10.1. The van der Waals surface area contributed by atoms with Crippen molar-refractivity contribution in [2.45, 2.75) is 31.3 Å². The molecule has 1 atom stereocenters. The van der Waals surface area contributed by atoms with Gasteiger partial charge >= 0.3 is 0 Å². The summed E-state index contributed by atoms with van der Waals surface area (Å²) >= 11 is 1.48. The third-order valence-corrected chi connectivity index (χ3v) is 7.45. The van der Waals surface area contributed by atoms with Crippen LogP contribution in [0.3, 0.4) is 0 Å². The van der Waals surface area contributed by atoms with Gasteiger partial charge in [0, 0.05) is 10.5 Å². The van der Waals surface area contributed by atoms with Gasteiger partial charge in [-0.25, -0.2) is 0 Å². The molecule has 4 nitrogen and oxygen atoms in total. The molecule has 1 aliphatic heterocycles. The van der Waals surface area contributed by atoms with Crippen LogP contribution in [0.5, 0.6) is 0 Å². The Morgan fingerprint density at radius 1 is 0.919 bits per heavy atom. The molecule has 1 heterocycles. The number of nitrogens with one attached hydrogen (secondary N) is 1. The van der Waals surface area contributed by atoms with E-state index in [0.29, 0.717) is 17.0 Å². The highest BCUT2D eigenvalue weighted by atomic mass is 32.2. The Bertz CT molecular complexity index is 1460. The van der Waals surface area contributed by atoms with E-state index in [0.717, 1.165) is 27.3 Å². The zero-order valence-electron chi connectivity index (χ0n) is 20.8. The predicted molar refractivity (Wildman–Crippen MR) is 151 cm³/mol. The van der Waals surface area contributed by atoms with Gasteiger partial charge in [-0.15, -0.1) is 0 Å². The van der Waals surface area contributed by atoms with Crippen LogP contribution in [0.1, 0.15) is 45.6 Å². The molecule has 2 amide bonds. The summed E-state index contributed by atoms with van der Waals surface area (Å²) in [5, 5.41) is 3.04. The second-order valence-electron chi connectivity index (χ2n) is 9.19. The predicted octanol–water partition coefficient (Wildman–Crippen LogP) is 7.17. The highest BCUT2D eigenvalue weighted by Crippen LogP contribution is 2.42. The average Bonchev–Trinajstić information content (AvgIpc) is 2.92. The molecule has 1 N–H and O–H groups in total. The van der Waals surface area contributed by atoms with Crippen LogP contribution in [0.25, 0.3) is 6.08 Å². The molecule has 184 valence electrons. The monoisotopic (exact) mass is 504 g/mol. The molecule has 5 rings (SSSR count). The van der Waals surface area contributed by atoms with Crippen molar-refractivity contribution in [2.24, 2.45) is 0 Å². The number of carbonyl (C=O) groups is 2. The Labute approximate surface area is 222 Å². The van der Waals surface area contributed by atoms with Gasteiger partial charge in [0.25, 0.3) is 11.8 Å². The largest absolute Gasteiger partial charge is 0.346 e. The van der Waals surface area contributed by atoms with Gasteiger partial charge < -0.3 is 10.2 Å².